The Morgan fingerprint density at radius 1 is 1.03 bits per heavy atom. The molecular weight excluding hydrogens is 816 g/mol. The minimum absolute atomic E-state index is 0.0202. The van der Waals surface area contributed by atoms with Crippen LogP contribution in [0.5, 0.6) is 11.5 Å². The van der Waals surface area contributed by atoms with Gasteiger partial charge in [0.1, 0.15) is 17.2 Å². The van der Waals surface area contributed by atoms with Crippen LogP contribution in [0.3, 0.4) is 0 Å². The first kappa shape index (κ1) is 42.4. The van der Waals surface area contributed by atoms with Gasteiger partial charge < -0.3 is 19.7 Å². The molecule has 0 radical (unpaired) electrons. The number of anilines is 2. The first-order valence-electron chi connectivity index (χ1n) is 20.9. The lowest BCUT2D eigenvalue weighted by molar-refractivity contribution is -0.384. The van der Waals surface area contributed by atoms with Gasteiger partial charge in [-0.25, -0.2) is 13.1 Å². The molecule has 61 heavy (non-hydrogen) atoms. The molecule has 4 aromatic rings. The van der Waals surface area contributed by atoms with Crippen LogP contribution in [-0.4, -0.2) is 81.6 Å². The van der Waals surface area contributed by atoms with Crippen molar-refractivity contribution >= 4 is 56.2 Å². The molecule has 3 heterocycles. The van der Waals surface area contributed by atoms with Crippen LogP contribution >= 0.6 is 11.6 Å². The van der Waals surface area contributed by atoms with Crippen LogP contribution in [-0.2, 0) is 21.2 Å². The average Bonchev–Trinajstić information content (AvgIpc) is 3.72. The number of pyridine rings is 1. The Bertz CT molecular complexity index is 2480. The quantitative estimate of drug-likeness (QED) is 0.0979. The number of sulfonamides is 1. The van der Waals surface area contributed by atoms with Crippen molar-refractivity contribution in [1.29, 1.82) is 0 Å². The molecule has 0 saturated carbocycles. The summed E-state index contributed by atoms with van der Waals surface area (Å²) in [4.78, 5) is 34.2. The van der Waals surface area contributed by atoms with E-state index in [9.17, 15) is 23.3 Å². The second-order valence-electron chi connectivity index (χ2n) is 17.1. The Morgan fingerprint density at radius 2 is 1.80 bits per heavy atom. The zero-order valence-electron chi connectivity index (χ0n) is 34.5. The number of carbonyl (C=O) groups excluding carboxylic acids is 1. The number of piperazine rings is 1. The molecule has 15 heteroatoms. The van der Waals surface area contributed by atoms with Crippen LogP contribution in [0.2, 0.25) is 5.02 Å². The fraction of sp³-hybridized carbons (Fsp3) is 0.391. The number of halogens is 1. The summed E-state index contributed by atoms with van der Waals surface area (Å²) in [6.07, 6.45) is 11.1. The largest absolute Gasteiger partial charge is 0.455 e. The summed E-state index contributed by atoms with van der Waals surface area (Å²) in [5.74, 6) is -0.119. The van der Waals surface area contributed by atoms with E-state index in [1.54, 1.807) is 24.4 Å². The number of fused-ring (bicyclic) bond motifs is 1. The number of hydrogen-bond donors (Lipinski definition) is 2. The maximum absolute atomic E-state index is 13.9. The summed E-state index contributed by atoms with van der Waals surface area (Å²) >= 11 is 6.24. The molecule has 0 atom stereocenters. The number of rotatable bonds is 13. The van der Waals surface area contributed by atoms with Gasteiger partial charge in [0.15, 0.2) is 0 Å². The zero-order valence-corrected chi connectivity index (χ0v) is 36.1. The van der Waals surface area contributed by atoms with E-state index < -0.39 is 31.4 Å². The Kier molecular flexibility index (Phi) is 12.5. The van der Waals surface area contributed by atoms with Gasteiger partial charge in [0.2, 0.25) is 0 Å². The van der Waals surface area contributed by atoms with Crippen molar-refractivity contribution in [3.63, 3.8) is 0 Å². The van der Waals surface area contributed by atoms with E-state index in [0.717, 1.165) is 92.9 Å². The first-order valence-corrected chi connectivity index (χ1v) is 22.8. The van der Waals surface area contributed by atoms with E-state index in [4.69, 9.17) is 21.1 Å². The molecular formula is C46H51ClN6O7S. The molecule has 4 aliphatic rings. The van der Waals surface area contributed by atoms with E-state index in [0.29, 0.717) is 31.9 Å². The maximum atomic E-state index is 13.9. The molecule has 0 bridgehead atoms. The van der Waals surface area contributed by atoms with Crippen LogP contribution in [0.1, 0.15) is 73.1 Å². The van der Waals surface area contributed by atoms with Crippen LogP contribution in [0.15, 0.2) is 89.5 Å². The van der Waals surface area contributed by atoms with Crippen molar-refractivity contribution < 1.29 is 27.6 Å². The van der Waals surface area contributed by atoms with Crippen LogP contribution < -0.4 is 19.7 Å². The highest BCUT2D eigenvalue weighted by Crippen LogP contribution is 2.43. The standard InChI is InChI=1S/C46H51ClN6O7S/c1-46(2)17-14-34(40(27-46)32-6-8-35(47)9-7-32)30-51-18-20-52(21-19-51)36-10-12-39(44(25-36)60-37-24-33-4-3-5-41(33)49-29-37)45(54)50-61(57,58)38-11-13-42(43(26-38)53(55)56)48-28-31-15-22-59-23-16-31/h3-4,6-13,24-26,29,31,48H,5,14-23,27-28,30H2,1-2H3,(H,50,54). The van der Waals surface area contributed by atoms with Gasteiger partial charge in [-0.2, -0.15) is 0 Å². The van der Waals surface area contributed by atoms with E-state index in [1.807, 2.05) is 30.4 Å². The highest BCUT2D eigenvalue weighted by Gasteiger charge is 2.31. The van der Waals surface area contributed by atoms with Gasteiger partial charge >= 0.3 is 0 Å². The number of nitro groups is 1. The van der Waals surface area contributed by atoms with Crippen LogP contribution in [0, 0.1) is 21.4 Å². The van der Waals surface area contributed by atoms with Crippen LogP contribution in [0.4, 0.5) is 17.1 Å². The molecule has 0 spiro atoms. The topological polar surface area (TPSA) is 156 Å². The van der Waals surface area contributed by atoms with E-state index >= 15 is 0 Å². The highest BCUT2D eigenvalue weighted by atomic mass is 35.5. The predicted molar refractivity (Wildman–Crippen MR) is 238 cm³/mol. The number of aromatic nitrogens is 1. The molecule has 320 valence electrons. The number of benzene rings is 3. The number of carbonyl (C=O) groups is 1. The number of nitrogens with zero attached hydrogens (tertiary/aromatic N) is 4. The SMILES string of the molecule is CC1(C)CCC(CN2CCN(c3ccc(C(=O)NS(=O)(=O)c4ccc(NCC5CCOCC5)c([N+](=O)[O-])c4)c(Oc4cnc5c(c4)C=CC5)c3)CC2)=C(c2ccc(Cl)cc2)C1. The van der Waals surface area contributed by atoms with Crippen molar-refractivity contribution in [2.75, 3.05) is 62.7 Å². The van der Waals surface area contributed by atoms with Crippen molar-refractivity contribution in [2.24, 2.45) is 11.3 Å². The number of amides is 1. The lowest BCUT2D eigenvalue weighted by Gasteiger charge is -2.39. The van der Waals surface area contributed by atoms with Crippen molar-refractivity contribution in [1.82, 2.24) is 14.6 Å². The Hall–Kier alpha value is -5.28. The third-order valence-electron chi connectivity index (χ3n) is 12.2. The second-order valence-corrected chi connectivity index (χ2v) is 19.2. The smallest absolute Gasteiger partial charge is 0.293 e. The fourth-order valence-electron chi connectivity index (χ4n) is 8.58. The first-order chi connectivity index (χ1) is 29.3. The fourth-order valence-corrected chi connectivity index (χ4v) is 9.69. The lowest BCUT2D eigenvalue weighted by atomic mass is 9.72. The Labute approximate surface area is 362 Å². The van der Waals surface area contributed by atoms with Gasteiger partial charge in [0.05, 0.1) is 27.3 Å². The number of allylic oxidation sites excluding steroid dienone is 2. The molecule has 1 amide bonds. The van der Waals surface area contributed by atoms with Crippen LogP contribution in [0.25, 0.3) is 11.6 Å². The molecule has 2 saturated heterocycles. The van der Waals surface area contributed by atoms with Gasteiger partial charge in [-0.3, -0.25) is 24.8 Å². The van der Waals surface area contributed by atoms with E-state index in [2.05, 4.69) is 50.8 Å². The summed E-state index contributed by atoms with van der Waals surface area (Å²) in [5.41, 5.74) is 6.76. The summed E-state index contributed by atoms with van der Waals surface area (Å²) < 4.78 is 41.2. The van der Waals surface area contributed by atoms with E-state index in [-0.39, 0.29) is 28.3 Å². The van der Waals surface area contributed by atoms with Crippen molar-refractivity contribution in [3.8, 4) is 11.5 Å². The van der Waals surface area contributed by atoms with Gasteiger partial charge in [0, 0.05) is 81.7 Å². The maximum Gasteiger partial charge on any atom is 0.293 e. The molecule has 2 fully saturated rings. The molecule has 1 aromatic heterocycles. The van der Waals surface area contributed by atoms with Gasteiger partial charge in [-0.05, 0) is 103 Å². The molecule has 0 unspecified atom stereocenters. The lowest BCUT2D eigenvalue weighted by Crippen LogP contribution is -2.47. The number of hydrogen-bond acceptors (Lipinski definition) is 11. The average molecular weight is 867 g/mol. The highest BCUT2D eigenvalue weighted by molar-refractivity contribution is 7.90. The van der Waals surface area contributed by atoms with Crippen molar-refractivity contribution in [2.45, 2.75) is 57.3 Å². The number of nitro benzene ring substituents is 1. The van der Waals surface area contributed by atoms with Crippen molar-refractivity contribution in [3.05, 3.63) is 122 Å². The summed E-state index contributed by atoms with van der Waals surface area (Å²) in [5, 5.41) is 15.9. The monoisotopic (exact) mass is 866 g/mol. The Balaban J connectivity index is 1.00. The minimum Gasteiger partial charge on any atom is -0.455 e. The summed E-state index contributed by atoms with van der Waals surface area (Å²) in [7, 11) is -4.54. The normalized spacial score (nSPS) is 18.2. The summed E-state index contributed by atoms with van der Waals surface area (Å²) in [6.45, 7) is 10.4. The van der Waals surface area contributed by atoms with Gasteiger partial charge in [-0.15, -0.1) is 0 Å². The zero-order chi connectivity index (χ0) is 42.7. The second kappa shape index (κ2) is 18.0. The number of nitrogens with one attached hydrogen (secondary N) is 2. The molecule has 3 aromatic carbocycles. The number of ether oxygens (including phenoxy) is 2. The third-order valence-corrected chi connectivity index (χ3v) is 13.8. The van der Waals surface area contributed by atoms with E-state index in [1.165, 1.54) is 28.8 Å². The summed E-state index contributed by atoms with van der Waals surface area (Å²) in [6, 6.07) is 18.7. The molecule has 2 aliphatic heterocycles. The Morgan fingerprint density at radius 3 is 2.56 bits per heavy atom. The van der Waals surface area contributed by atoms with Gasteiger partial charge in [-0.1, -0.05) is 55.3 Å². The molecule has 13 nitrogen and oxygen atoms in total. The van der Waals surface area contributed by atoms with Gasteiger partial charge in [0.25, 0.3) is 21.6 Å². The minimum atomic E-state index is -4.54. The third kappa shape index (κ3) is 10.1. The predicted octanol–water partition coefficient (Wildman–Crippen LogP) is 8.75. The molecule has 2 aliphatic carbocycles. The molecule has 2 N–H and O–H groups in total. The molecule has 8 rings (SSSR count).